The van der Waals surface area contributed by atoms with Crippen LogP contribution < -0.4 is 0 Å². The second-order valence-corrected chi connectivity index (χ2v) is 9.21. The first-order valence-electron chi connectivity index (χ1n) is 8.46. The lowest BCUT2D eigenvalue weighted by molar-refractivity contribution is 0.132. The summed E-state index contributed by atoms with van der Waals surface area (Å²) in [6, 6.07) is 3.44. The van der Waals surface area contributed by atoms with E-state index in [0.717, 1.165) is 24.1 Å². The van der Waals surface area contributed by atoms with Crippen molar-refractivity contribution in [2.45, 2.75) is 43.4 Å². The van der Waals surface area contributed by atoms with Crippen molar-refractivity contribution in [3.05, 3.63) is 40.8 Å². The molecule has 1 unspecified atom stereocenters. The summed E-state index contributed by atoms with van der Waals surface area (Å²) in [5.41, 5.74) is 1.87. The zero-order chi connectivity index (χ0) is 17.9. The number of hydrogen-bond donors (Lipinski definition) is 0. The number of hydrogen-bond acceptors (Lipinski definition) is 6. The Morgan fingerprint density at radius 1 is 1.44 bits per heavy atom. The molecule has 1 aliphatic heterocycles. The molecule has 3 heterocycles. The Morgan fingerprint density at radius 2 is 2.28 bits per heavy atom. The lowest BCUT2D eigenvalue weighted by Gasteiger charge is -2.32. The standard InChI is InChI=1S/C17H23N3O3S2/c1-3-23-12-15-10-18-13(2)19-17(15)14-6-4-8-20(11-14)25(21,22)16-7-5-9-24-16/h5,7,9-10,14H,3-4,6,8,11-12H2,1-2H3. The number of ether oxygens (including phenoxy) is 1. The third-order valence-electron chi connectivity index (χ3n) is 4.34. The molecule has 0 N–H and O–H groups in total. The second kappa shape index (κ2) is 7.90. The van der Waals surface area contributed by atoms with Gasteiger partial charge in [-0.1, -0.05) is 6.07 Å². The Labute approximate surface area is 152 Å². The van der Waals surface area contributed by atoms with E-state index in [1.807, 2.05) is 13.8 Å². The highest BCUT2D eigenvalue weighted by atomic mass is 32.2. The fraction of sp³-hybridized carbons (Fsp3) is 0.529. The minimum atomic E-state index is -3.42. The number of sulfonamides is 1. The molecule has 0 amide bonds. The van der Waals surface area contributed by atoms with Crippen molar-refractivity contribution in [2.75, 3.05) is 19.7 Å². The van der Waals surface area contributed by atoms with Crippen molar-refractivity contribution in [3.8, 4) is 0 Å². The van der Waals surface area contributed by atoms with E-state index in [1.54, 1.807) is 28.0 Å². The van der Waals surface area contributed by atoms with Gasteiger partial charge in [-0.15, -0.1) is 11.3 Å². The van der Waals surface area contributed by atoms with Crippen LogP contribution in [0.25, 0.3) is 0 Å². The van der Waals surface area contributed by atoms with Crippen molar-refractivity contribution in [2.24, 2.45) is 0 Å². The fourth-order valence-electron chi connectivity index (χ4n) is 3.11. The number of piperidine rings is 1. The van der Waals surface area contributed by atoms with Crippen LogP contribution in [-0.4, -0.2) is 42.4 Å². The van der Waals surface area contributed by atoms with Crippen molar-refractivity contribution in [1.82, 2.24) is 14.3 Å². The van der Waals surface area contributed by atoms with Crippen LogP contribution in [0, 0.1) is 6.92 Å². The molecule has 0 radical (unpaired) electrons. The van der Waals surface area contributed by atoms with Crippen molar-refractivity contribution in [1.29, 1.82) is 0 Å². The van der Waals surface area contributed by atoms with Crippen LogP contribution in [0.1, 0.15) is 42.8 Å². The molecule has 1 saturated heterocycles. The lowest BCUT2D eigenvalue weighted by atomic mass is 9.93. The third-order valence-corrected chi connectivity index (χ3v) is 7.58. The van der Waals surface area contributed by atoms with E-state index >= 15 is 0 Å². The number of aryl methyl sites for hydroxylation is 1. The van der Waals surface area contributed by atoms with Gasteiger partial charge in [-0.3, -0.25) is 0 Å². The molecule has 2 aromatic rings. The van der Waals surface area contributed by atoms with Crippen LogP contribution in [0.4, 0.5) is 0 Å². The summed E-state index contributed by atoms with van der Waals surface area (Å²) < 4.78 is 33.2. The predicted molar refractivity (Wildman–Crippen MR) is 97.2 cm³/mol. The average Bonchev–Trinajstić information content (AvgIpc) is 3.16. The molecular formula is C17H23N3O3S2. The van der Waals surface area contributed by atoms with Gasteiger partial charge < -0.3 is 4.74 Å². The van der Waals surface area contributed by atoms with Gasteiger partial charge in [0.25, 0.3) is 10.0 Å². The van der Waals surface area contributed by atoms with Crippen LogP contribution >= 0.6 is 11.3 Å². The van der Waals surface area contributed by atoms with Gasteiger partial charge in [0.05, 0.1) is 12.3 Å². The Bertz CT molecular complexity index is 807. The summed E-state index contributed by atoms with van der Waals surface area (Å²) >= 11 is 1.26. The monoisotopic (exact) mass is 381 g/mol. The summed E-state index contributed by atoms with van der Waals surface area (Å²) in [7, 11) is -3.42. The van der Waals surface area contributed by atoms with Gasteiger partial charge in [0.1, 0.15) is 10.0 Å². The SMILES string of the molecule is CCOCc1cnc(C)nc1C1CCCN(S(=O)(=O)c2cccs2)C1. The highest BCUT2D eigenvalue weighted by Gasteiger charge is 2.33. The molecule has 1 atom stereocenters. The van der Waals surface area contributed by atoms with Crippen molar-refractivity contribution in [3.63, 3.8) is 0 Å². The molecule has 3 rings (SSSR count). The Hall–Kier alpha value is -1.35. The number of aromatic nitrogens is 2. The highest BCUT2D eigenvalue weighted by Crippen LogP contribution is 2.32. The van der Waals surface area contributed by atoms with Crippen LogP contribution in [0.2, 0.25) is 0 Å². The molecule has 1 aliphatic rings. The van der Waals surface area contributed by atoms with E-state index in [-0.39, 0.29) is 5.92 Å². The first kappa shape index (κ1) is 18.4. The molecule has 1 fully saturated rings. The molecular weight excluding hydrogens is 358 g/mol. The fourth-order valence-corrected chi connectivity index (χ4v) is 5.78. The van der Waals surface area contributed by atoms with Gasteiger partial charge in [-0.05, 0) is 38.1 Å². The Morgan fingerprint density at radius 3 is 3.00 bits per heavy atom. The van der Waals surface area contributed by atoms with E-state index in [0.29, 0.717) is 36.3 Å². The van der Waals surface area contributed by atoms with Crippen LogP contribution in [0.15, 0.2) is 27.9 Å². The lowest BCUT2D eigenvalue weighted by Crippen LogP contribution is -2.39. The molecule has 0 spiro atoms. The summed E-state index contributed by atoms with van der Waals surface area (Å²) in [5.74, 6) is 0.772. The molecule has 6 nitrogen and oxygen atoms in total. The van der Waals surface area contributed by atoms with E-state index < -0.39 is 10.0 Å². The maximum atomic E-state index is 12.8. The smallest absolute Gasteiger partial charge is 0.252 e. The molecule has 0 bridgehead atoms. The quantitative estimate of drug-likeness (QED) is 0.769. The number of rotatable bonds is 6. The zero-order valence-electron chi connectivity index (χ0n) is 14.5. The van der Waals surface area contributed by atoms with E-state index in [9.17, 15) is 8.42 Å². The maximum Gasteiger partial charge on any atom is 0.252 e. The predicted octanol–water partition coefficient (Wildman–Crippen LogP) is 2.95. The van der Waals surface area contributed by atoms with Crippen LogP contribution in [0.3, 0.4) is 0 Å². The first-order chi connectivity index (χ1) is 12.0. The molecule has 2 aromatic heterocycles. The average molecular weight is 382 g/mol. The molecule has 8 heteroatoms. The van der Waals surface area contributed by atoms with Crippen LogP contribution in [0.5, 0.6) is 0 Å². The summed E-state index contributed by atoms with van der Waals surface area (Å²) in [4.78, 5) is 8.89. The molecule has 0 saturated carbocycles. The molecule has 0 aromatic carbocycles. The van der Waals surface area contributed by atoms with Gasteiger partial charge in [0.2, 0.25) is 0 Å². The Balaban J connectivity index is 1.85. The zero-order valence-corrected chi connectivity index (χ0v) is 16.1. The summed E-state index contributed by atoms with van der Waals surface area (Å²) in [6.07, 6.45) is 3.55. The number of nitrogens with zero attached hydrogens (tertiary/aromatic N) is 3. The van der Waals surface area contributed by atoms with Crippen molar-refractivity contribution >= 4 is 21.4 Å². The van der Waals surface area contributed by atoms with E-state index in [1.165, 1.54) is 11.3 Å². The number of thiophene rings is 1. The minimum Gasteiger partial charge on any atom is -0.377 e. The van der Waals surface area contributed by atoms with Gasteiger partial charge in [0.15, 0.2) is 0 Å². The largest absolute Gasteiger partial charge is 0.377 e. The topological polar surface area (TPSA) is 72.4 Å². The molecule has 0 aliphatic carbocycles. The van der Waals surface area contributed by atoms with Gasteiger partial charge in [0, 0.05) is 37.4 Å². The summed E-state index contributed by atoms with van der Waals surface area (Å²) in [5, 5.41) is 1.79. The second-order valence-electron chi connectivity index (χ2n) is 6.10. The van der Waals surface area contributed by atoms with Crippen LogP contribution in [-0.2, 0) is 21.4 Å². The minimum absolute atomic E-state index is 0.0700. The van der Waals surface area contributed by atoms with E-state index in [4.69, 9.17) is 4.74 Å². The Kier molecular flexibility index (Phi) is 5.83. The van der Waals surface area contributed by atoms with Crippen molar-refractivity contribution < 1.29 is 13.2 Å². The maximum absolute atomic E-state index is 12.8. The molecule has 25 heavy (non-hydrogen) atoms. The van der Waals surface area contributed by atoms with Gasteiger partial charge >= 0.3 is 0 Å². The van der Waals surface area contributed by atoms with E-state index in [2.05, 4.69) is 9.97 Å². The first-order valence-corrected chi connectivity index (χ1v) is 10.8. The third kappa shape index (κ3) is 4.08. The summed E-state index contributed by atoms with van der Waals surface area (Å²) in [6.45, 7) is 5.90. The van der Waals surface area contributed by atoms with Gasteiger partial charge in [-0.2, -0.15) is 4.31 Å². The van der Waals surface area contributed by atoms with Gasteiger partial charge in [-0.25, -0.2) is 18.4 Å². The normalized spacial score (nSPS) is 19.2. The molecule has 136 valence electrons. The highest BCUT2D eigenvalue weighted by molar-refractivity contribution is 7.91.